The molecule has 1 saturated carbocycles. The second-order valence-corrected chi connectivity index (χ2v) is 11.4. The Morgan fingerprint density at radius 3 is 2.33 bits per heavy atom. The predicted octanol–water partition coefficient (Wildman–Crippen LogP) is 3.06. The van der Waals surface area contributed by atoms with Gasteiger partial charge in [-0.1, -0.05) is 12.5 Å². The molecule has 1 atom stereocenters. The highest BCUT2D eigenvalue weighted by Crippen LogP contribution is 2.41. The number of para-hydroxylation sites is 1. The van der Waals surface area contributed by atoms with Crippen LogP contribution in [0.15, 0.2) is 30.6 Å². The molecule has 1 aliphatic heterocycles. The van der Waals surface area contributed by atoms with Crippen LogP contribution in [0.4, 0.5) is 10.3 Å². The highest BCUT2D eigenvalue weighted by atomic mass is 32.2. The van der Waals surface area contributed by atoms with Crippen LogP contribution in [0, 0.1) is 5.82 Å². The van der Waals surface area contributed by atoms with Crippen molar-refractivity contribution in [2.24, 2.45) is 0 Å². The maximum Gasteiger partial charge on any atom is 0.225 e. The number of hydrogen-bond acceptors (Lipinski definition) is 9. The zero-order chi connectivity index (χ0) is 25.3. The molecule has 0 unspecified atom stereocenters. The normalized spacial score (nSPS) is 18.6. The molecule has 1 saturated heterocycles. The van der Waals surface area contributed by atoms with E-state index in [1.54, 1.807) is 19.1 Å². The molecule has 1 aromatic carbocycles. The quantitative estimate of drug-likeness (QED) is 0.446. The van der Waals surface area contributed by atoms with Crippen LogP contribution in [-0.4, -0.2) is 65.7 Å². The Hall–Kier alpha value is -3.28. The Balaban J connectivity index is 1.48. The number of piperidine rings is 1. The lowest BCUT2D eigenvalue weighted by Crippen LogP contribution is -2.43. The van der Waals surface area contributed by atoms with E-state index in [2.05, 4.69) is 20.2 Å². The fraction of sp³-hybridized carbons (Fsp3) is 0.500. The Labute approximate surface area is 209 Å². The lowest BCUT2D eigenvalue weighted by atomic mass is 9.84. The summed E-state index contributed by atoms with van der Waals surface area (Å²) < 4.78 is 53.6. The number of aromatic nitrogens is 5. The fourth-order valence-electron chi connectivity index (χ4n) is 4.83. The largest absolute Gasteiger partial charge is 0.494 e. The van der Waals surface area contributed by atoms with E-state index in [9.17, 15) is 12.8 Å². The average molecular weight is 517 g/mol. The van der Waals surface area contributed by atoms with Crippen molar-refractivity contribution in [3.8, 4) is 17.2 Å². The van der Waals surface area contributed by atoms with Crippen molar-refractivity contribution in [3.63, 3.8) is 0 Å². The molecule has 0 radical (unpaired) electrons. The molecular weight excluding hydrogens is 487 g/mol. The SMILES string of the molecule is COc1cccc(OC)c1-n1c(CS(=O)(=O)[C@@H]2CCCN(c3ncc(F)cn3)C2)nnc1C1CCC1. The minimum Gasteiger partial charge on any atom is -0.494 e. The zero-order valence-electron chi connectivity index (χ0n) is 20.3. The number of anilines is 1. The van der Waals surface area contributed by atoms with Gasteiger partial charge in [0.15, 0.2) is 21.5 Å². The van der Waals surface area contributed by atoms with Crippen molar-refractivity contribution in [2.75, 3.05) is 32.2 Å². The van der Waals surface area contributed by atoms with Gasteiger partial charge >= 0.3 is 0 Å². The van der Waals surface area contributed by atoms with E-state index in [0.717, 1.165) is 37.5 Å². The number of ether oxygens (including phenoxy) is 2. The van der Waals surface area contributed by atoms with Crippen molar-refractivity contribution in [1.82, 2.24) is 24.7 Å². The molecule has 5 rings (SSSR count). The van der Waals surface area contributed by atoms with Gasteiger partial charge in [-0.25, -0.2) is 22.8 Å². The first-order chi connectivity index (χ1) is 17.4. The Kier molecular flexibility index (Phi) is 6.78. The standard InChI is InChI=1S/C24H29FN6O4S/c1-34-19-9-4-10-20(35-2)22(19)31-21(28-29-23(31)16-6-3-7-16)15-36(32,33)18-8-5-11-30(14-18)24-26-12-17(25)13-27-24/h4,9-10,12-13,16,18H,3,5-8,11,14-15H2,1-2H3/t18-/m1/s1. The van der Waals surface area contributed by atoms with Crippen LogP contribution >= 0.6 is 0 Å². The average Bonchev–Trinajstić information content (AvgIpc) is 3.24. The van der Waals surface area contributed by atoms with Gasteiger partial charge in [0.25, 0.3) is 0 Å². The van der Waals surface area contributed by atoms with Crippen LogP contribution in [0.3, 0.4) is 0 Å². The summed E-state index contributed by atoms with van der Waals surface area (Å²) in [5, 5.41) is 8.15. The Morgan fingerprint density at radius 1 is 1.03 bits per heavy atom. The molecule has 0 N–H and O–H groups in total. The fourth-order valence-corrected chi connectivity index (χ4v) is 6.55. The van der Waals surface area contributed by atoms with Crippen molar-refractivity contribution >= 4 is 15.8 Å². The van der Waals surface area contributed by atoms with Gasteiger partial charge in [-0.3, -0.25) is 4.57 Å². The number of methoxy groups -OCH3 is 2. The Morgan fingerprint density at radius 2 is 1.72 bits per heavy atom. The van der Waals surface area contributed by atoms with Gasteiger partial charge in [-0.05, 0) is 37.8 Å². The van der Waals surface area contributed by atoms with E-state index in [0.29, 0.717) is 48.3 Å². The summed E-state index contributed by atoms with van der Waals surface area (Å²) in [6, 6.07) is 5.43. The van der Waals surface area contributed by atoms with Crippen LogP contribution < -0.4 is 14.4 Å². The third kappa shape index (κ3) is 4.61. The number of hydrogen-bond donors (Lipinski definition) is 0. The van der Waals surface area contributed by atoms with Crippen LogP contribution in [-0.2, 0) is 15.6 Å². The van der Waals surface area contributed by atoms with E-state index in [4.69, 9.17) is 9.47 Å². The van der Waals surface area contributed by atoms with Crippen LogP contribution in [0.2, 0.25) is 0 Å². The van der Waals surface area contributed by atoms with Gasteiger partial charge in [0.2, 0.25) is 5.95 Å². The number of benzene rings is 1. The molecule has 1 aliphatic carbocycles. The van der Waals surface area contributed by atoms with Gasteiger partial charge in [0.05, 0.1) is 31.9 Å². The molecule has 3 aromatic rings. The second kappa shape index (κ2) is 10.00. The third-order valence-electron chi connectivity index (χ3n) is 6.96. The van der Waals surface area contributed by atoms with Gasteiger partial charge in [0, 0.05) is 19.0 Å². The van der Waals surface area contributed by atoms with Gasteiger partial charge < -0.3 is 14.4 Å². The van der Waals surface area contributed by atoms with E-state index in [1.165, 1.54) is 0 Å². The minimum absolute atomic E-state index is 0.198. The molecule has 10 nitrogen and oxygen atoms in total. The van der Waals surface area contributed by atoms with Crippen LogP contribution in [0.1, 0.15) is 49.7 Å². The summed E-state index contributed by atoms with van der Waals surface area (Å²) in [4.78, 5) is 9.84. The minimum atomic E-state index is -3.63. The summed E-state index contributed by atoms with van der Waals surface area (Å²) in [5.74, 6) is 1.85. The smallest absolute Gasteiger partial charge is 0.225 e. The summed E-state index contributed by atoms with van der Waals surface area (Å²) in [6.07, 6.45) is 6.39. The lowest BCUT2D eigenvalue weighted by Gasteiger charge is -2.32. The highest BCUT2D eigenvalue weighted by Gasteiger charge is 2.36. The molecule has 2 fully saturated rings. The summed E-state index contributed by atoms with van der Waals surface area (Å²) in [7, 11) is -0.501. The van der Waals surface area contributed by atoms with E-state index >= 15 is 0 Å². The zero-order valence-corrected chi connectivity index (χ0v) is 21.1. The monoisotopic (exact) mass is 516 g/mol. The molecule has 192 valence electrons. The molecular formula is C24H29FN6O4S. The van der Waals surface area contributed by atoms with Gasteiger partial charge in [0.1, 0.15) is 28.8 Å². The molecule has 36 heavy (non-hydrogen) atoms. The number of rotatable bonds is 8. The number of nitrogens with zero attached hydrogens (tertiary/aromatic N) is 6. The van der Waals surface area contributed by atoms with Crippen molar-refractivity contribution < 1.29 is 22.3 Å². The number of sulfone groups is 1. The van der Waals surface area contributed by atoms with Crippen molar-refractivity contribution in [3.05, 3.63) is 48.1 Å². The first-order valence-corrected chi connectivity index (χ1v) is 13.7. The van der Waals surface area contributed by atoms with Gasteiger partial charge in [-0.15, -0.1) is 10.2 Å². The summed E-state index contributed by atoms with van der Waals surface area (Å²) >= 11 is 0. The third-order valence-corrected chi connectivity index (χ3v) is 9.02. The van der Waals surface area contributed by atoms with E-state index in [1.807, 2.05) is 22.8 Å². The first kappa shape index (κ1) is 24.4. The maximum atomic E-state index is 13.7. The Bertz CT molecular complexity index is 1300. The molecule has 0 bridgehead atoms. The summed E-state index contributed by atoms with van der Waals surface area (Å²) in [5.41, 5.74) is 0.601. The van der Waals surface area contributed by atoms with Crippen molar-refractivity contribution in [2.45, 2.75) is 49.0 Å². The molecule has 12 heteroatoms. The van der Waals surface area contributed by atoms with Crippen molar-refractivity contribution in [1.29, 1.82) is 0 Å². The molecule has 3 heterocycles. The van der Waals surface area contributed by atoms with E-state index in [-0.39, 0.29) is 18.2 Å². The second-order valence-electron chi connectivity index (χ2n) is 9.17. The molecule has 2 aromatic heterocycles. The van der Waals surface area contributed by atoms with Gasteiger partial charge in [-0.2, -0.15) is 0 Å². The predicted molar refractivity (Wildman–Crippen MR) is 131 cm³/mol. The lowest BCUT2D eigenvalue weighted by molar-refractivity contribution is 0.378. The van der Waals surface area contributed by atoms with Crippen LogP contribution in [0.25, 0.3) is 5.69 Å². The molecule has 0 spiro atoms. The number of halogens is 1. The van der Waals surface area contributed by atoms with Crippen LogP contribution in [0.5, 0.6) is 11.5 Å². The first-order valence-electron chi connectivity index (χ1n) is 12.0. The topological polar surface area (TPSA) is 112 Å². The van der Waals surface area contributed by atoms with E-state index < -0.39 is 20.9 Å². The molecule has 0 amide bonds. The maximum absolute atomic E-state index is 13.7. The molecule has 2 aliphatic rings. The highest BCUT2D eigenvalue weighted by molar-refractivity contribution is 7.91. The summed E-state index contributed by atoms with van der Waals surface area (Å²) in [6.45, 7) is 0.841.